The molecule has 2 aliphatic rings. The van der Waals surface area contributed by atoms with Crippen LogP contribution in [0.15, 0.2) is 0 Å². The number of hydrogen-bond acceptors (Lipinski definition) is 2. The summed E-state index contributed by atoms with van der Waals surface area (Å²) >= 11 is 0. The van der Waals surface area contributed by atoms with E-state index in [1.807, 2.05) is 0 Å². The fourth-order valence-corrected chi connectivity index (χ4v) is 4.14. The Morgan fingerprint density at radius 3 is 2.45 bits per heavy atom. The average molecular weight is 281 g/mol. The van der Waals surface area contributed by atoms with Crippen LogP contribution in [0.4, 0.5) is 0 Å². The van der Waals surface area contributed by atoms with Gasteiger partial charge in [-0.1, -0.05) is 52.4 Å². The fraction of sp³-hybridized carbons (Fsp3) is 1.00. The SMILES string of the molecule is CCCNCC1(OC2CCCCC2CC)CCCCC1. The van der Waals surface area contributed by atoms with E-state index in [-0.39, 0.29) is 5.60 Å². The van der Waals surface area contributed by atoms with Gasteiger partial charge < -0.3 is 10.1 Å². The minimum absolute atomic E-state index is 0.156. The van der Waals surface area contributed by atoms with Crippen LogP contribution in [-0.2, 0) is 4.74 Å². The predicted molar refractivity (Wildman–Crippen MR) is 86.1 cm³/mol. The van der Waals surface area contributed by atoms with E-state index in [0.29, 0.717) is 6.10 Å². The molecular weight excluding hydrogens is 246 g/mol. The first-order valence-electron chi connectivity index (χ1n) is 9.18. The molecule has 0 bridgehead atoms. The molecule has 0 heterocycles. The lowest BCUT2D eigenvalue weighted by molar-refractivity contribution is -0.140. The van der Waals surface area contributed by atoms with Crippen molar-refractivity contribution in [3.8, 4) is 0 Å². The molecule has 20 heavy (non-hydrogen) atoms. The number of nitrogens with one attached hydrogen (secondary N) is 1. The lowest BCUT2D eigenvalue weighted by Crippen LogP contribution is -2.49. The average Bonchev–Trinajstić information content (AvgIpc) is 2.49. The van der Waals surface area contributed by atoms with Gasteiger partial charge in [0.2, 0.25) is 0 Å². The topological polar surface area (TPSA) is 21.3 Å². The smallest absolute Gasteiger partial charge is 0.0810 e. The van der Waals surface area contributed by atoms with E-state index in [0.717, 1.165) is 19.0 Å². The molecule has 2 unspecified atom stereocenters. The van der Waals surface area contributed by atoms with Crippen LogP contribution in [0.5, 0.6) is 0 Å². The first-order chi connectivity index (χ1) is 9.79. The van der Waals surface area contributed by atoms with Gasteiger partial charge in [0.25, 0.3) is 0 Å². The lowest BCUT2D eigenvalue weighted by atomic mass is 9.81. The molecule has 0 aliphatic heterocycles. The fourth-order valence-electron chi connectivity index (χ4n) is 4.14. The molecule has 2 rings (SSSR count). The van der Waals surface area contributed by atoms with Crippen molar-refractivity contribution >= 4 is 0 Å². The zero-order valence-electron chi connectivity index (χ0n) is 13.8. The van der Waals surface area contributed by atoms with Crippen molar-refractivity contribution in [2.24, 2.45) is 5.92 Å². The summed E-state index contributed by atoms with van der Waals surface area (Å²) in [5.41, 5.74) is 0.156. The Hall–Kier alpha value is -0.0800. The maximum absolute atomic E-state index is 6.81. The van der Waals surface area contributed by atoms with E-state index in [1.54, 1.807) is 0 Å². The van der Waals surface area contributed by atoms with Gasteiger partial charge >= 0.3 is 0 Å². The molecule has 1 N–H and O–H groups in total. The molecule has 2 heteroatoms. The van der Waals surface area contributed by atoms with Gasteiger partial charge in [0.1, 0.15) is 0 Å². The highest BCUT2D eigenvalue weighted by Gasteiger charge is 2.37. The van der Waals surface area contributed by atoms with Gasteiger partial charge in [0, 0.05) is 6.54 Å². The summed E-state index contributed by atoms with van der Waals surface area (Å²) in [5, 5.41) is 3.64. The largest absolute Gasteiger partial charge is 0.370 e. The molecular formula is C18H35NO. The van der Waals surface area contributed by atoms with Crippen LogP contribution >= 0.6 is 0 Å². The lowest BCUT2D eigenvalue weighted by Gasteiger charge is -2.43. The quantitative estimate of drug-likeness (QED) is 0.684. The second kappa shape index (κ2) is 8.38. The third-order valence-electron chi connectivity index (χ3n) is 5.40. The molecule has 2 aliphatic carbocycles. The molecule has 2 nitrogen and oxygen atoms in total. The van der Waals surface area contributed by atoms with E-state index in [2.05, 4.69) is 19.2 Å². The highest BCUT2D eigenvalue weighted by Crippen LogP contribution is 2.37. The molecule has 2 fully saturated rings. The zero-order chi connectivity index (χ0) is 14.3. The van der Waals surface area contributed by atoms with Crippen LogP contribution in [0.3, 0.4) is 0 Å². The van der Waals surface area contributed by atoms with Gasteiger partial charge in [0.05, 0.1) is 11.7 Å². The molecule has 118 valence electrons. The molecule has 0 aromatic rings. The van der Waals surface area contributed by atoms with Crippen LogP contribution in [0, 0.1) is 5.92 Å². The van der Waals surface area contributed by atoms with Gasteiger partial charge in [-0.25, -0.2) is 0 Å². The Morgan fingerprint density at radius 1 is 1.00 bits per heavy atom. The summed E-state index contributed by atoms with van der Waals surface area (Å²) in [7, 11) is 0. The van der Waals surface area contributed by atoms with Crippen LogP contribution in [-0.4, -0.2) is 24.8 Å². The molecule has 0 aromatic carbocycles. The maximum atomic E-state index is 6.81. The Kier molecular flexibility index (Phi) is 6.83. The van der Waals surface area contributed by atoms with Crippen LogP contribution in [0.1, 0.15) is 84.5 Å². The Morgan fingerprint density at radius 2 is 1.75 bits per heavy atom. The van der Waals surface area contributed by atoms with Crippen molar-refractivity contribution < 1.29 is 4.74 Å². The van der Waals surface area contributed by atoms with Crippen molar-refractivity contribution in [3.05, 3.63) is 0 Å². The summed E-state index contributed by atoms with van der Waals surface area (Å²) in [6.45, 7) is 6.80. The zero-order valence-corrected chi connectivity index (χ0v) is 13.8. The van der Waals surface area contributed by atoms with Gasteiger partial charge in [-0.15, -0.1) is 0 Å². The molecule has 2 atom stereocenters. The highest BCUT2D eigenvalue weighted by molar-refractivity contribution is 4.89. The van der Waals surface area contributed by atoms with E-state index in [4.69, 9.17) is 4.74 Å². The minimum atomic E-state index is 0.156. The molecule has 0 radical (unpaired) electrons. The summed E-state index contributed by atoms with van der Waals surface area (Å²) in [6, 6.07) is 0. The molecule has 2 saturated carbocycles. The van der Waals surface area contributed by atoms with Crippen molar-refractivity contribution in [1.29, 1.82) is 0 Å². The van der Waals surface area contributed by atoms with E-state index in [1.165, 1.54) is 70.6 Å². The normalized spacial score (nSPS) is 30.3. The predicted octanol–water partition coefficient (Wildman–Crippen LogP) is 4.67. The second-order valence-electron chi connectivity index (χ2n) is 7.03. The minimum Gasteiger partial charge on any atom is -0.370 e. The first kappa shape index (κ1) is 16.3. The highest BCUT2D eigenvalue weighted by atomic mass is 16.5. The van der Waals surface area contributed by atoms with Crippen LogP contribution < -0.4 is 5.32 Å². The van der Waals surface area contributed by atoms with Crippen molar-refractivity contribution in [1.82, 2.24) is 5.32 Å². The summed E-state index contributed by atoms with van der Waals surface area (Å²) < 4.78 is 6.81. The van der Waals surface area contributed by atoms with Crippen molar-refractivity contribution in [2.45, 2.75) is 96.2 Å². The molecule has 0 spiro atoms. The third-order valence-corrected chi connectivity index (χ3v) is 5.40. The van der Waals surface area contributed by atoms with Crippen LogP contribution in [0.2, 0.25) is 0 Å². The molecule has 0 saturated heterocycles. The Bertz CT molecular complexity index is 260. The first-order valence-corrected chi connectivity index (χ1v) is 9.18. The van der Waals surface area contributed by atoms with Gasteiger partial charge in [0.15, 0.2) is 0 Å². The third kappa shape index (κ3) is 4.46. The van der Waals surface area contributed by atoms with Gasteiger partial charge in [-0.3, -0.25) is 0 Å². The summed E-state index contributed by atoms with van der Waals surface area (Å²) in [5.74, 6) is 0.814. The monoisotopic (exact) mass is 281 g/mol. The second-order valence-corrected chi connectivity index (χ2v) is 7.03. The Balaban J connectivity index is 1.94. The summed E-state index contributed by atoms with van der Waals surface area (Å²) in [4.78, 5) is 0. The van der Waals surface area contributed by atoms with Crippen molar-refractivity contribution in [3.63, 3.8) is 0 Å². The van der Waals surface area contributed by atoms with E-state index < -0.39 is 0 Å². The van der Waals surface area contributed by atoms with Gasteiger partial charge in [-0.05, 0) is 44.6 Å². The van der Waals surface area contributed by atoms with Crippen molar-refractivity contribution in [2.75, 3.05) is 13.1 Å². The van der Waals surface area contributed by atoms with E-state index in [9.17, 15) is 0 Å². The molecule has 0 amide bonds. The number of rotatable bonds is 7. The maximum Gasteiger partial charge on any atom is 0.0810 e. The number of ether oxygens (including phenoxy) is 1. The summed E-state index contributed by atoms with van der Waals surface area (Å²) in [6.07, 6.45) is 15.2. The Labute approximate surface area is 126 Å². The molecule has 0 aromatic heterocycles. The van der Waals surface area contributed by atoms with Gasteiger partial charge in [-0.2, -0.15) is 0 Å². The van der Waals surface area contributed by atoms with Crippen LogP contribution in [0.25, 0.3) is 0 Å². The standard InChI is InChI=1S/C18H35NO/c1-3-14-19-15-18(12-8-5-9-13-18)20-17-11-7-6-10-16(17)4-2/h16-17,19H,3-15H2,1-2H3. The number of hydrogen-bond donors (Lipinski definition) is 1. The van der Waals surface area contributed by atoms with E-state index >= 15 is 0 Å².